The molecule has 0 bridgehead atoms. The number of sulfone groups is 1. The lowest BCUT2D eigenvalue weighted by atomic mass is 9.96. The second-order valence-corrected chi connectivity index (χ2v) is 10.5. The third kappa shape index (κ3) is 4.63. The molecule has 0 spiro atoms. The Bertz CT molecular complexity index is 435. The van der Waals surface area contributed by atoms with Crippen molar-refractivity contribution in [1.82, 2.24) is 10.6 Å². The number of piperidine rings is 1. The van der Waals surface area contributed by atoms with Crippen molar-refractivity contribution in [3.8, 4) is 0 Å². The van der Waals surface area contributed by atoms with E-state index in [-0.39, 0.29) is 10.7 Å². The Morgan fingerprint density at radius 3 is 2.30 bits per heavy atom. The molecule has 0 saturated carbocycles. The predicted molar refractivity (Wildman–Crippen MR) is 84.9 cm³/mol. The average Bonchev–Trinajstić information content (AvgIpc) is 2.32. The van der Waals surface area contributed by atoms with Gasteiger partial charge in [0, 0.05) is 23.3 Å². The van der Waals surface area contributed by atoms with Gasteiger partial charge in [-0.25, -0.2) is 8.42 Å². The van der Waals surface area contributed by atoms with Crippen LogP contribution in [0.2, 0.25) is 0 Å². The lowest BCUT2D eigenvalue weighted by Gasteiger charge is -2.34. The Balaban J connectivity index is 2.62. The van der Waals surface area contributed by atoms with Crippen LogP contribution in [0.15, 0.2) is 0 Å². The van der Waals surface area contributed by atoms with Crippen molar-refractivity contribution in [3.63, 3.8) is 0 Å². The maximum Gasteiger partial charge on any atom is 0.241 e. The van der Waals surface area contributed by atoms with Crippen LogP contribution in [-0.2, 0) is 14.6 Å². The van der Waals surface area contributed by atoms with Crippen LogP contribution in [-0.4, -0.2) is 55.5 Å². The largest absolute Gasteiger partial charge is 0.354 e. The molecule has 20 heavy (non-hydrogen) atoms. The lowest BCUT2D eigenvalue weighted by Crippen LogP contribution is -2.57. The molecule has 0 aromatic carbocycles. The van der Waals surface area contributed by atoms with E-state index in [1.54, 1.807) is 11.8 Å². The van der Waals surface area contributed by atoms with Crippen molar-refractivity contribution in [2.75, 3.05) is 31.6 Å². The summed E-state index contributed by atoms with van der Waals surface area (Å²) < 4.78 is 23.0. The highest BCUT2D eigenvalue weighted by atomic mass is 32.2. The predicted octanol–water partition coefficient (Wildman–Crippen LogP) is 0.801. The van der Waals surface area contributed by atoms with Gasteiger partial charge in [0.05, 0.1) is 0 Å². The maximum atomic E-state index is 12.4. The van der Waals surface area contributed by atoms with Crippen LogP contribution in [0.5, 0.6) is 0 Å². The van der Waals surface area contributed by atoms with Crippen molar-refractivity contribution >= 4 is 27.5 Å². The van der Waals surface area contributed by atoms with E-state index in [0.29, 0.717) is 32.5 Å². The third-order valence-corrected chi connectivity index (χ3v) is 6.74. The van der Waals surface area contributed by atoms with Gasteiger partial charge < -0.3 is 10.6 Å². The van der Waals surface area contributed by atoms with E-state index < -0.39 is 14.6 Å². The van der Waals surface area contributed by atoms with Gasteiger partial charge in [0.15, 0.2) is 14.6 Å². The van der Waals surface area contributed by atoms with Crippen molar-refractivity contribution in [2.24, 2.45) is 0 Å². The molecule has 0 radical (unpaired) electrons. The van der Waals surface area contributed by atoms with Crippen LogP contribution in [0.1, 0.15) is 33.6 Å². The van der Waals surface area contributed by atoms with E-state index in [2.05, 4.69) is 31.4 Å². The van der Waals surface area contributed by atoms with E-state index in [1.807, 2.05) is 0 Å². The summed E-state index contributed by atoms with van der Waals surface area (Å²) in [5.74, 6) is 0.448. The van der Waals surface area contributed by atoms with Crippen molar-refractivity contribution in [2.45, 2.75) is 43.1 Å². The number of rotatable bonds is 5. The Kier molecular flexibility index (Phi) is 5.92. The van der Waals surface area contributed by atoms with Crippen LogP contribution in [0.25, 0.3) is 0 Å². The van der Waals surface area contributed by atoms with Gasteiger partial charge in [0.25, 0.3) is 0 Å². The number of thioether (sulfide) groups is 1. The zero-order valence-corrected chi connectivity index (χ0v) is 14.4. The van der Waals surface area contributed by atoms with Gasteiger partial charge in [0.2, 0.25) is 5.91 Å². The second kappa shape index (κ2) is 6.66. The van der Waals surface area contributed by atoms with Crippen molar-refractivity contribution < 1.29 is 13.2 Å². The molecule has 0 aliphatic carbocycles. The molecule has 0 atom stereocenters. The number of carbonyl (C=O) groups is 1. The molecule has 7 heteroatoms. The summed E-state index contributed by atoms with van der Waals surface area (Å²) in [7, 11) is -3.41. The molecule has 1 fully saturated rings. The molecule has 118 valence electrons. The molecule has 1 saturated heterocycles. The van der Waals surface area contributed by atoms with Gasteiger partial charge in [-0.1, -0.05) is 20.8 Å². The first-order chi connectivity index (χ1) is 9.08. The van der Waals surface area contributed by atoms with E-state index in [0.717, 1.165) is 5.75 Å². The standard InChI is InChI=1S/C13H26N2O3S2/c1-12(2,3)19-10-9-15-11(16)13(20(4,17)18)5-7-14-8-6-13/h14H,5-10H2,1-4H3,(H,15,16). The summed E-state index contributed by atoms with van der Waals surface area (Å²) >= 11 is 1.75. The van der Waals surface area contributed by atoms with Crippen LogP contribution in [0.4, 0.5) is 0 Å². The minimum absolute atomic E-state index is 0.147. The molecule has 1 heterocycles. The van der Waals surface area contributed by atoms with Gasteiger partial charge in [-0.3, -0.25) is 4.79 Å². The van der Waals surface area contributed by atoms with Gasteiger partial charge >= 0.3 is 0 Å². The molecule has 0 aromatic rings. The fourth-order valence-electron chi connectivity index (χ4n) is 2.28. The van der Waals surface area contributed by atoms with Crippen LogP contribution >= 0.6 is 11.8 Å². The molecule has 0 aromatic heterocycles. The summed E-state index contributed by atoms with van der Waals surface area (Å²) in [6.07, 6.45) is 1.87. The first kappa shape index (κ1) is 17.8. The SMILES string of the molecule is CC(C)(C)SCCNC(=O)C1(S(C)(=O)=O)CCNCC1. The number of hydrogen-bond acceptors (Lipinski definition) is 5. The van der Waals surface area contributed by atoms with Crippen molar-refractivity contribution in [3.05, 3.63) is 0 Å². The van der Waals surface area contributed by atoms with E-state index >= 15 is 0 Å². The minimum atomic E-state index is -3.41. The monoisotopic (exact) mass is 322 g/mol. The Morgan fingerprint density at radius 1 is 1.30 bits per heavy atom. The first-order valence-electron chi connectivity index (χ1n) is 6.91. The van der Waals surface area contributed by atoms with Crippen LogP contribution in [0, 0.1) is 0 Å². The number of nitrogens with one attached hydrogen (secondary N) is 2. The van der Waals surface area contributed by atoms with E-state index in [4.69, 9.17) is 0 Å². The molecule has 2 N–H and O–H groups in total. The summed E-state index contributed by atoms with van der Waals surface area (Å²) in [5.41, 5.74) is 0. The summed E-state index contributed by atoms with van der Waals surface area (Å²) in [5, 5.41) is 5.91. The number of carbonyl (C=O) groups excluding carboxylic acids is 1. The third-order valence-electron chi connectivity index (χ3n) is 3.46. The fourth-order valence-corrected chi connectivity index (χ4v) is 4.45. The van der Waals surface area contributed by atoms with Gasteiger partial charge in [-0.15, -0.1) is 0 Å². The molecular weight excluding hydrogens is 296 g/mol. The summed E-state index contributed by atoms with van der Waals surface area (Å²) in [4.78, 5) is 12.4. The smallest absolute Gasteiger partial charge is 0.241 e. The zero-order chi connectivity index (χ0) is 15.4. The molecule has 1 rings (SSSR count). The molecule has 1 amide bonds. The van der Waals surface area contributed by atoms with Gasteiger partial charge in [0.1, 0.15) is 0 Å². The lowest BCUT2D eigenvalue weighted by molar-refractivity contribution is -0.124. The average molecular weight is 322 g/mol. The molecular formula is C13H26N2O3S2. The van der Waals surface area contributed by atoms with Gasteiger partial charge in [-0.2, -0.15) is 11.8 Å². The highest BCUT2D eigenvalue weighted by Gasteiger charge is 2.48. The van der Waals surface area contributed by atoms with Crippen LogP contribution < -0.4 is 10.6 Å². The molecule has 1 aliphatic heterocycles. The van der Waals surface area contributed by atoms with E-state index in [1.165, 1.54) is 6.26 Å². The molecule has 0 unspecified atom stereocenters. The number of amides is 1. The topological polar surface area (TPSA) is 75.3 Å². The zero-order valence-electron chi connectivity index (χ0n) is 12.8. The normalized spacial score (nSPS) is 19.6. The minimum Gasteiger partial charge on any atom is -0.354 e. The van der Waals surface area contributed by atoms with Gasteiger partial charge in [-0.05, 0) is 25.9 Å². The summed E-state index contributed by atoms with van der Waals surface area (Å²) in [6.45, 7) is 7.98. The maximum absolute atomic E-state index is 12.4. The fraction of sp³-hybridized carbons (Fsp3) is 0.923. The molecule has 1 aliphatic rings. The highest BCUT2D eigenvalue weighted by Crippen LogP contribution is 2.28. The Hall–Kier alpha value is -0.270. The first-order valence-corrected chi connectivity index (χ1v) is 9.79. The second-order valence-electron chi connectivity index (χ2n) is 6.23. The van der Waals surface area contributed by atoms with Crippen LogP contribution in [0.3, 0.4) is 0 Å². The van der Waals surface area contributed by atoms with Crippen molar-refractivity contribution in [1.29, 1.82) is 0 Å². The summed E-state index contributed by atoms with van der Waals surface area (Å²) in [6, 6.07) is 0. The Labute approximate surface area is 126 Å². The molecule has 5 nitrogen and oxygen atoms in total. The van der Waals surface area contributed by atoms with E-state index in [9.17, 15) is 13.2 Å². The highest BCUT2D eigenvalue weighted by molar-refractivity contribution is 8.00. The number of hydrogen-bond donors (Lipinski definition) is 2. The Morgan fingerprint density at radius 2 is 1.85 bits per heavy atom. The quantitative estimate of drug-likeness (QED) is 0.732.